The van der Waals surface area contributed by atoms with E-state index >= 15 is 0 Å². The lowest BCUT2D eigenvalue weighted by Gasteiger charge is -2.18. The third-order valence-corrected chi connectivity index (χ3v) is 2.53. The molecule has 1 N–H and O–H groups in total. The van der Waals surface area contributed by atoms with E-state index in [1.165, 1.54) is 5.57 Å². The second-order valence-electron chi connectivity index (χ2n) is 3.85. The standard InChI is InChI=1S/C13H16FNO/c14-6-3-7-15-9-11-8-12-4-1-2-5-13(12)16-10-11/h1-2,4-5,8,15H,3,6-7,9-10H2. The molecule has 0 radical (unpaired) electrons. The first-order valence-corrected chi connectivity index (χ1v) is 5.58. The van der Waals surface area contributed by atoms with E-state index < -0.39 is 0 Å². The zero-order valence-electron chi connectivity index (χ0n) is 9.21. The first-order valence-electron chi connectivity index (χ1n) is 5.58. The molecule has 2 rings (SSSR count). The van der Waals surface area contributed by atoms with Crippen LogP contribution in [0.2, 0.25) is 0 Å². The number of ether oxygens (including phenoxy) is 1. The van der Waals surface area contributed by atoms with Crippen LogP contribution in [-0.4, -0.2) is 26.4 Å². The van der Waals surface area contributed by atoms with Crippen molar-refractivity contribution in [3.63, 3.8) is 0 Å². The van der Waals surface area contributed by atoms with Crippen LogP contribution < -0.4 is 10.1 Å². The number of benzene rings is 1. The minimum absolute atomic E-state index is 0.259. The summed E-state index contributed by atoms with van der Waals surface area (Å²) in [6.45, 7) is 1.86. The molecule has 3 heteroatoms. The number of nitrogens with one attached hydrogen (secondary N) is 1. The van der Waals surface area contributed by atoms with Crippen LogP contribution in [0.3, 0.4) is 0 Å². The number of hydrogen-bond donors (Lipinski definition) is 1. The Morgan fingerprint density at radius 2 is 2.19 bits per heavy atom. The Bertz CT molecular complexity index is 376. The van der Waals surface area contributed by atoms with Gasteiger partial charge >= 0.3 is 0 Å². The van der Waals surface area contributed by atoms with Crippen LogP contribution in [0.4, 0.5) is 4.39 Å². The number of hydrogen-bond acceptors (Lipinski definition) is 2. The van der Waals surface area contributed by atoms with Gasteiger partial charge in [0.1, 0.15) is 12.4 Å². The van der Waals surface area contributed by atoms with Crippen LogP contribution in [0.1, 0.15) is 12.0 Å². The smallest absolute Gasteiger partial charge is 0.127 e. The Balaban J connectivity index is 1.91. The number of rotatable bonds is 5. The molecule has 16 heavy (non-hydrogen) atoms. The molecule has 1 aliphatic rings. The highest BCUT2D eigenvalue weighted by Gasteiger charge is 2.09. The average Bonchev–Trinajstić information content (AvgIpc) is 2.34. The zero-order chi connectivity index (χ0) is 11.2. The largest absolute Gasteiger partial charge is 0.489 e. The summed E-state index contributed by atoms with van der Waals surface area (Å²) in [7, 11) is 0. The van der Waals surface area contributed by atoms with E-state index in [0.717, 1.165) is 24.4 Å². The van der Waals surface area contributed by atoms with Crippen molar-refractivity contribution in [2.45, 2.75) is 6.42 Å². The predicted molar refractivity (Wildman–Crippen MR) is 63.4 cm³/mol. The van der Waals surface area contributed by atoms with Crippen molar-refractivity contribution in [2.75, 3.05) is 26.4 Å². The molecule has 0 saturated carbocycles. The highest BCUT2D eigenvalue weighted by Crippen LogP contribution is 2.25. The Hall–Kier alpha value is -1.35. The lowest BCUT2D eigenvalue weighted by atomic mass is 10.1. The summed E-state index contributed by atoms with van der Waals surface area (Å²) in [4.78, 5) is 0. The average molecular weight is 221 g/mol. The van der Waals surface area contributed by atoms with Crippen LogP contribution in [0.25, 0.3) is 6.08 Å². The molecule has 1 aromatic carbocycles. The maximum atomic E-state index is 11.9. The molecule has 1 aliphatic heterocycles. The normalized spacial score (nSPS) is 13.9. The lowest BCUT2D eigenvalue weighted by molar-refractivity contribution is 0.342. The van der Waals surface area contributed by atoms with Gasteiger partial charge < -0.3 is 10.1 Å². The van der Waals surface area contributed by atoms with Crippen molar-refractivity contribution in [1.82, 2.24) is 5.32 Å². The van der Waals surface area contributed by atoms with Crippen LogP contribution >= 0.6 is 0 Å². The van der Waals surface area contributed by atoms with Gasteiger partial charge in [0.05, 0.1) is 6.67 Å². The van der Waals surface area contributed by atoms with Crippen molar-refractivity contribution in [1.29, 1.82) is 0 Å². The molecule has 0 aliphatic carbocycles. The molecule has 0 aromatic heterocycles. The summed E-state index contributed by atoms with van der Waals surface area (Å²) in [5.74, 6) is 0.940. The molecule has 1 heterocycles. The third-order valence-electron chi connectivity index (χ3n) is 2.53. The number of fused-ring (bicyclic) bond motifs is 1. The van der Waals surface area contributed by atoms with Gasteiger partial charge in [-0.25, -0.2) is 0 Å². The number of alkyl halides is 1. The van der Waals surface area contributed by atoms with Crippen LogP contribution in [0.5, 0.6) is 5.75 Å². The molecule has 86 valence electrons. The van der Waals surface area contributed by atoms with Crippen LogP contribution in [-0.2, 0) is 0 Å². The summed E-state index contributed by atoms with van der Waals surface area (Å²) in [5.41, 5.74) is 2.33. The fourth-order valence-corrected chi connectivity index (χ4v) is 1.71. The van der Waals surface area contributed by atoms with E-state index in [9.17, 15) is 4.39 Å². The minimum atomic E-state index is -0.259. The fraction of sp³-hybridized carbons (Fsp3) is 0.385. The van der Waals surface area contributed by atoms with Crippen molar-refractivity contribution in [2.24, 2.45) is 0 Å². The molecule has 0 spiro atoms. The lowest BCUT2D eigenvalue weighted by Crippen LogP contribution is -2.22. The first-order chi connectivity index (χ1) is 7.90. The molecule has 0 bridgehead atoms. The monoisotopic (exact) mass is 221 g/mol. The van der Waals surface area contributed by atoms with Crippen molar-refractivity contribution in [3.05, 3.63) is 35.4 Å². The van der Waals surface area contributed by atoms with Gasteiger partial charge in [-0.2, -0.15) is 0 Å². The Kier molecular flexibility index (Phi) is 3.94. The second-order valence-corrected chi connectivity index (χ2v) is 3.85. The molecule has 0 fully saturated rings. The molecule has 2 nitrogen and oxygen atoms in total. The highest BCUT2D eigenvalue weighted by atomic mass is 19.1. The maximum Gasteiger partial charge on any atom is 0.127 e. The van der Waals surface area contributed by atoms with E-state index in [-0.39, 0.29) is 6.67 Å². The predicted octanol–water partition coefficient (Wildman–Crippen LogP) is 2.41. The van der Waals surface area contributed by atoms with Gasteiger partial charge in [0.25, 0.3) is 0 Å². The van der Waals surface area contributed by atoms with Crippen molar-refractivity contribution < 1.29 is 9.13 Å². The summed E-state index contributed by atoms with van der Waals surface area (Å²) in [6.07, 6.45) is 2.71. The maximum absolute atomic E-state index is 11.9. The van der Waals surface area contributed by atoms with Gasteiger partial charge in [0.15, 0.2) is 0 Å². The molecule has 0 atom stereocenters. The van der Waals surface area contributed by atoms with E-state index in [1.54, 1.807) is 0 Å². The minimum Gasteiger partial charge on any atom is -0.489 e. The quantitative estimate of drug-likeness (QED) is 0.771. The molecule has 0 amide bonds. The third kappa shape index (κ3) is 2.83. The van der Waals surface area contributed by atoms with E-state index in [1.807, 2.05) is 24.3 Å². The molecular formula is C13H16FNO. The number of halogens is 1. The van der Waals surface area contributed by atoms with Gasteiger partial charge in [0.2, 0.25) is 0 Å². The molecule has 1 aromatic rings. The van der Waals surface area contributed by atoms with E-state index in [2.05, 4.69) is 11.4 Å². The topological polar surface area (TPSA) is 21.3 Å². The van der Waals surface area contributed by atoms with Crippen LogP contribution in [0.15, 0.2) is 29.8 Å². The van der Waals surface area contributed by atoms with Crippen LogP contribution in [0, 0.1) is 0 Å². The Morgan fingerprint density at radius 3 is 3.06 bits per heavy atom. The first kappa shape index (κ1) is 11.1. The summed E-state index contributed by atoms with van der Waals surface area (Å²) >= 11 is 0. The summed E-state index contributed by atoms with van der Waals surface area (Å²) in [5, 5.41) is 3.20. The summed E-state index contributed by atoms with van der Waals surface area (Å²) in [6, 6.07) is 7.98. The molecule has 0 saturated heterocycles. The highest BCUT2D eigenvalue weighted by molar-refractivity contribution is 5.62. The Labute approximate surface area is 95.1 Å². The van der Waals surface area contributed by atoms with Gasteiger partial charge in [0, 0.05) is 12.1 Å². The molecular weight excluding hydrogens is 205 g/mol. The van der Waals surface area contributed by atoms with Gasteiger partial charge in [-0.1, -0.05) is 18.2 Å². The SMILES string of the molecule is FCCCNCC1=Cc2ccccc2OC1. The van der Waals surface area contributed by atoms with Crippen molar-refractivity contribution in [3.8, 4) is 5.75 Å². The van der Waals surface area contributed by atoms with Gasteiger partial charge in [-0.3, -0.25) is 4.39 Å². The zero-order valence-corrected chi connectivity index (χ0v) is 9.21. The fourth-order valence-electron chi connectivity index (χ4n) is 1.71. The van der Waals surface area contributed by atoms with E-state index in [4.69, 9.17) is 4.74 Å². The van der Waals surface area contributed by atoms with Crippen molar-refractivity contribution >= 4 is 6.08 Å². The second kappa shape index (κ2) is 5.66. The van der Waals surface area contributed by atoms with Gasteiger partial charge in [-0.15, -0.1) is 0 Å². The Morgan fingerprint density at radius 1 is 1.31 bits per heavy atom. The molecule has 0 unspecified atom stereocenters. The summed E-state index contributed by atoms with van der Waals surface area (Å²) < 4.78 is 17.5. The van der Waals surface area contributed by atoms with Gasteiger partial charge in [-0.05, 0) is 30.7 Å². The van der Waals surface area contributed by atoms with E-state index in [0.29, 0.717) is 13.0 Å². The number of para-hydroxylation sites is 1.